The van der Waals surface area contributed by atoms with E-state index in [0.29, 0.717) is 13.0 Å². The van der Waals surface area contributed by atoms with Crippen molar-refractivity contribution in [2.24, 2.45) is 7.05 Å². The molecule has 1 unspecified atom stereocenters. The van der Waals surface area contributed by atoms with E-state index in [0.717, 1.165) is 40.6 Å². The summed E-state index contributed by atoms with van der Waals surface area (Å²) < 4.78 is 7.24. The van der Waals surface area contributed by atoms with E-state index in [2.05, 4.69) is 47.6 Å². The van der Waals surface area contributed by atoms with Crippen LogP contribution >= 0.6 is 11.6 Å². The van der Waals surface area contributed by atoms with Gasteiger partial charge in [0.25, 0.3) is 0 Å². The number of aliphatic hydroxyl groups is 1. The minimum atomic E-state index is -0.827. The molecule has 5 nitrogen and oxygen atoms in total. The van der Waals surface area contributed by atoms with Gasteiger partial charge in [-0.05, 0) is 60.6 Å². The van der Waals surface area contributed by atoms with E-state index < -0.39 is 6.29 Å². The van der Waals surface area contributed by atoms with Gasteiger partial charge >= 0.3 is 0 Å². The Morgan fingerprint density at radius 3 is 2.93 bits per heavy atom. The lowest BCUT2D eigenvalue weighted by Crippen LogP contribution is -2.18. The molecule has 1 aliphatic rings. The maximum absolute atomic E-state index is 10.4. The summed E-state index contributed by atoms with van der Waals surface area (Å²) in [6, 6.07) is 10.7. The summed E-state index contributed by atoms with van der Waals surface area (Å²) in [5, 5.41) is 19.0. The number of ether oxygens (including phenoxy) is 1. The quantitative estimate of drug-likeness (QED) is 0.493. The predicted molar refractivity (Wildman–Crippen MR) is 111 cm³/mol. The van der Waals surface area contributed by atoms with Crippen LogP contribution in [0.25, 0.3) is 11.0 Å². The standard InChI is InChI=1S/C22H26ClN3O2/c1-4-28-21(27)12-17(15-6-5-14-7-9-19(23)18(14)11-15)16-8-10-20-22(13(16)2)24-25-26(20)3/h5-6,8,10-11,17,19,21,27H,4,7,9,12H2,1-3H3/t17-,19+,21?/m0/s1. The molecule has 0 spiro atoms. The summed E-state index contributed by atoms with van der Waals surface area (Å²) in [6.07, 6.45) is 1.66. The van der Waals surface area contributed by atoms with E-state index in [4.69, 9.17) is 16.3 Å². The van der Waals surface area contributed by atoms with Crippen molar-refractivity contribution >= 4 is 22.6 Å². The van der Waals surface area contributed by atoms with Gasteiger partial charge in [0, 0.05) is 26.0 Å². The summed E-state index contributed by atoms with van der Waals surface area (Å²) >= 11 is 6.54. The summed E-state index contributed by atoms with van der Waals surface area (Å²) in [6.45, 7) is 4.44. The Kier molecular flexibility index (Phi) is 5.41. The Morgan fingerprint density at radius 2 is 2.14 bits per heavy atom. The van der Waals surface area contributed by atoms with Gasteiger partial charge in [-0.15, -0.1) is 16.7 Å². The molecule has 0 saturated heterocycles. The molecular formula is C22H26ClN3O2. The number of alkyl halides is 1. The van der Waals surface area contributed by atoms with Crippen molar-refractivity contribution in [3.8, 4) is 0 Å². The Bertz CT molecular complexity index is 1000. The summed E-state index contributed by atoms with van der Waals surface area (Å²) in [4.78, 5) is 0. The number of hydrogen-bond donors (Lipinski definition) is 1. The van der Waals surface area contributed by atoms with Crippen LogP contribution in [0.3, 0.4) is 0 Å². The molecule has 1 N–H and O–H groups in total. The lowest BCUT2D eigenvalue weighted by Gasteiger charge is -2.24. The molecule has 6 heteroatoms. The van der Waals surface area contributed by atoms with Gasteiger partial charge in [-0.2, -0.15) is 0 Å². The van der Waals surface area contributed by atoms with Crippen LogP contribution in [0.4, 0.5) is 0 Å². The van der Waals surface area contributed by atoms with Crippen LogP contribution in [0.5, 0.6) is 0 Å². The van der Waals surface area contributed by atoms with Crippen LogP contribution in [-0.2, 0) is 18.2 Å². The number of nitrogens with zero attached hydrogens (tertiary/aromatic N) is 3. The molecule has 148 valence electrons. The third-order valence-corrected chi connectivity index (χ3v) is 6.28. The molecule has 0 radical (unpaired) electrons. The van der Waals surface area contributed by atoms with Crippen LogP contribution in [0.15, 0.2) is 30.3 Å². The highest BCUT2D eigenvalue weighted by Gasteiger charge is 2.26. The first-order chi connectivity index (χ1) is 13.5. The van der Waals surface area contributed by atoms with Gasteiger partial charge in [0.2, 0.25) is 0 Å². The van der Waals surface area contributed by atoms with Crippen molar-refractivity contribution < 1.29 is 9.84 Å². The van der Waals surface area contributed by atoms with Crippen LogP contribution in [0.2, 0.25) is 0 Å². The zero-order chi connectivity index (χ0) is 19.8. The maximum atomic E-state index is 10.4. The van der Waals surface area contributed by atoms with E-state index >= 15 is 0 Å². The molecule has 0 bridgehead atoms. The second-order valence-corrected chi connectivity index (χ2v) is 8.05. The Hall–Kier alpha value is -1.95. The second kappa shape index (κ2) is 7.82. The Balaban J connectivity index is 1.80. The van der Waals surface area contributed by atoms with Crippen LogP contribution in [0.1, 0.15) is 58.9 Å². The van der Waals surface area contributed by atoms with E-state index in [-0.39, 0.29) is 11.3 Å². The molecule has 2 aromatic carbocycles. The molecule has 4 rings (SSSR count). The summed E-state index contributed by atoms with van der Waals surface area (Å²) in [7, 11) is 1.89. The lowest BCUT2D eigenvalue weighted by atomic mass is 9.84. The first-order valence-corrected chi connectivity index (χ1v) is 10.3. The fraction of sp³-hybridized carbons (Fsp3) is 0.455. The normalized spacial score (nSPS) is 18.4. The number of halogens is 1. The summed E-state index contributed by atoms with van der Waals surface area (Å²) in [5.74, 6) is -0.0114. The van der Waals surface area contributed by atoms with Gasteiger partial charge in [0.1, 0.15) is 5.52 Å². The molecule has 0 saturated carbocycles. The zero-order valence-corrected chi connectivity index (χ0v) is 17.3. The maximum Gasteiger partial charge on any atom is 0.155 e. The van der Waals surface area contributed by atoms with Crippen molar-refractivity contribution in [3.05, 3.63) is 58.1 Å². The molecule has 1 aliphatic carbocycles. The number of benzene rings is 2. The first-order valence-electron chi connectivity index (χ1n) is 9.85. The minimum Gasteiger partial charge on any atom is -0.368 e. The topological polar surface area (TPSA) is 60.2 Å². The van der Waals surface area contributed by atoms with Crippen molar-refractivity contribution in [2.75, 3.05) is 6.61 Å². The minimum absolute atomic E-state index is 0.0114. The summed E-state index contributed by atoms with van der Waals surface area (Å²) in [5.41, 5.74) is 7.81. The van der Waals surface area contributed by atoms with Crippen molar-refractivity contribution in [2.45, 2.75) is 50.7 Å². The SMILES string of the molecule is CCOC(O)C[C@@H](c1ccc2c(c1)[C@H](Cl)CC2)c1ccc2c(nnn2C)c1C. The van der Waals surface area contributed by atoms with Gasteiger partial charge in [0.15, 0.2) is 6.29 Å². The van der Waals surface area contributed by atoms with Gasteiger partial charge < -0.3 is 9.84 Å². The Morgan fingerprint density at radius 1 is 1.32 bits per heavy atom. The molecular weight excluding hydrogens is 374 g/mol. The molecule has 1 heterocycles. The lowest BCUT2D eigenvalue weighted by molar-refractivity contribution is -0.100. The molecule has 0 aliphatic heterocycles. The highest BCUT2D eigenvalue weighted by molar-refractivity contribution is 6.21. The first kappa shape index (κ1) is 19.4. The van der Waals surface area contributed by atoms with Gasteiger partial charge in [-0.3, -0.25) is 0 Å². The molecule has 3 aromatic rings. The number of rotatable bonds is 6. The number of hydrogen-bond acceptors (Lipinski definition) is 4. The van der Waals surface area contributed by atoms with E-state index in [9.17, 15) is 5.11 Å². The fourth-order valence-corrected chi connectivity index (χ4v) is 4.63. The molecule has 28 heavy (non-hydrogen) atoms. The molecule has 0 amide bonds. The zero-order valence-electron chi connectivity index (χ0n) is 16.5. The average Bonchev–Trinajstić information content (AvgIpc) is 3.24. The molecule has 1 aromatic heterocycles. The largest absolute Gasteiger partial charge is 0.368 e. The van der Waals surface area contributed by atoms with Gasteiger partial charge in [-0.25, -0.2) is 4.68 Å². The van der Waals surface area contributed by atoms with Crippen LogP contribution in [0, 0.1) is 6.92 Å². The Labute approximate surface area is 170 Å². The van der Waals surface area contributed by atoms with Crippen molar-refractivity contribution in [1.29, 1.82) is 0 Å². The fourth-order valence-electron chi connectivity index (χ4n) is 4.32. The van der Waals surface area contributed by atoms with E-state index in [1.165, 1.54) is 11.1 Å². The van der Waals surface area contributed by atoms with Gasteiger partial charge in [-0.1, -0.05) is 29.5 Å². The number of aliphatic hydroxyl groups excluding tert-OH is 1. The molecule has 0 fully saturated rings. The van der Waals surface area contributed by atoms with Gasteiger partial charge in [0.05, 0.1) is 10.9 Å². The molecule has 3 atom stereocenters. The third kappa shape index (κ3) is 3.43. The van der Waals surface area contributed by atoms with E-state index in [1.54, 1.807) is 4.68 Å². The highest BCUT2D eigenvalue weighted by atomic mass is 35.5. The van der Waals surface area contributed by atoms with Crippen molar-refractivity contribution in [3.63, 3.8) is 0 Å². The third-order valence-electron chi connectivity index (χ3n) is 5.83. The smallest absolute Gasteiger partial charge is 0.155 e. The van der Waals surface area contributed by atoms with E-state index in [1.807, 2.05) is 14.0 Å². The number of fused-ring (bicyclic) bond motifs is 2. The van der Waals surface area contributed by atoms with Crippen LogP contribution < -0.4 is 0 Å². The second-order valence-electron chi connectivity index (χ2n) is 7.52. The monoisotopic (exact) mass is 399 g/mol. The number of aromatic nitrogens is 3. The van der Waals surface area contributed by atoms with Crippen LogP contribution in [-0.4, -0.2) is 33.0 Å². The average molecular weight is 400 g/mol. The van der Waals surface area contributed by atoms with Crippen molar-refractivity contribution in [1.82, 2.24) is 15.0 Å². The highest BCUT2D eigenvalue weighted by Crippen LogP contribution is 2.40. The predicted octanol–water partition coefficient (Wildman–Crippen LogP) is 4.38. The number of aryl methyl sites for hydroxylation is 3.